The Labute approximate surface area is 249 Å². The van der Waals surface area contributed by atoms with Gasteiger partial charge < -0.3 is 19.4 Å². The summed E-state index contributed by atoms with van der Waals surface area (Å²) in [5, 5.41) is 0. The average Bonchev–Trinajstić information content (AvgIpc) is 3.65. The Morgan fingerprint density at radius 1 is 1.00 bits per heavy atom. The Kier molecular flexibility index (Phi) is 6.91. The summed E-state index contributed by atoms with van der Waals surface area (Å²) in [6.07, 6.45) is 3.17. The number of nitrogens with one attached hydrogen (secondary N) is 2. The first-order chi connectivity index (χ1) is 20.6. The second-order valence-corrected chi connectivity index (χ2v) is 11.4. The third-order valence-electron chi connectivity index (χ3n) is 9.13. The topological polar surface area (TPSA) is 127 Å². The first-order valence-corrected chi connectivity index (χ1v) is 14.5. The van der Waals surface area contributed by atoms with Crippen molar-refractivity contribution in [1.29, 1.82) is 0 Å². The molecule has 0 fully saturated rings. The lowest BCUT2D eigenvalue weighted by Crippen LogP contribution is -2.21. The Balaban J connectivity index is 1.77. The summed E-state index contributed by atoms with van der Waals surface area (Å²) in [6, 6.07) is 5.92. The number of aryl methyl sites for hydroxylation is 1. The van der Waals surface area contributed by atoms with Crippen LogP contribution < -0.4 is 0 Å². The van der Waals surface area contributed by atoms with Crippen molar-refractivity contribution in [2.45, 2.75) is 65.7 Å². The van der Waals surface area contributed by atoms with Crippen LogP contribution in [0.5, 0.6) is 0 Å². The van der Waals surface area contributed by atoms with Gasteiger partial charge in [0, 0.05) is 40.7 Å². The summed E-state index contributed by atoms with van der Waals surface area (Å²) in [4.78, 5) is 55.6. The molecule has 9 nitrogen and oxygen atoms in total. The molecule has 0 radical (unpaired) electrons. The highest BCUT2D eigenvalue weighted by molar-refractivity contribution is 6.18. The first-order valence-electron chi connectivity index (χ1n) is 14.5. The third kappa shape index (κ3) is 4.42. The number of ether oxygens (including phenoxy) is 2. The Hall–Kier alpha value is -4.79. The minimum atomic E-state index is -0.738. The summed E-state index contributed by atoms with van der Waals surface area (Å²) in [5.41, 5.74) is 10.9. The van der Waals surface area contributed by atoms with Crippen molar-refractivity contribution in [3.8, 4) is 0 Å². The summed E-state index contributed by atoms with van der Waals surface area (Å²) in [6.45, 7) is 14.1. The van der Waals surface area contributed by atoms with Crippen LogP contribution in [0.2, 0.25) is 0 Å². The van der Waals surface area contributed by atoms with E-state index in [1.807, 2.05) is 45.0 Å². The van der Waals surface area contributed by atoms with E-state index in [0.717, 1.165) is 57.2 Å². The molecular weight excluding hydrogens is 544 g/mol. The molecule has 0 saturated heterocycles. The van der Waals surface area contributed by atoms with Crippen LogP contribution in [-0.2, 0) is 14.3 Å². The van der Waals surface area contributed by atoms with Crippen LogP contribution in [0.25, 0.3) is 33.3 Å². The van der Waals surface area contributed by atoms with E-state index in [4.69, 9.17) is 19.4 Å². The Morgan fingerprint density at radius 3 is 2.40 bits per heavy atom. The van der Waals surface area contributed by atoms with Crippen molar-refractivity contribution >= 4 is 51.2 Å². The van der Waals surface area contributed by atoms with Crippen molar-refractivity contribution in [2.24, 2.45) is 0 Å². The quantitative estimate of drug-likeness (QED) is 0.290. The predicted molar refractivity (Wildman–Crippen MR) is 165 cm³/mol. The highest BCUT2D eigenvalue weighted by Crippen LogP contribution is 2.44. The van der Waals surface area contributed by atoms with E-state index in [1.54, 1.807) is 0 Å². The molecule has 2 aromatic heterocycles. The zero-order valence-electron chi connectivity index (χ0n) is 25.2. The van der Waals surface area contributed by atoms with Gasteiger partial charge in [0.2, 0.25) is 0 Å². The standard InChI is InChI=1S/C34H34N4O5/c1-8-19-15(3)22-12-24-17(5)21(10-11-28(39)42-7)31(37-24)30-32-29(33(40)43-34(30)41)18(6)25(38-32)14-27-20(9-2)16(4)23(36-27)13-26(19)35-22/h8,12-14,17,21,37-38H,1,9-11H2,2-7H3/t17?,21-/m0/s1. The highest BCUT2D eigenvalue weighted by atomic mass is 16.6. The maximum Gasteiger partial charge on any atom is 0.349 e. The van der Waals surface area contributed by atoms with E-state index in [0.29, 0.717) is 34.3 Å². The van der Waals surface area contributed by atoms with Crippen LogP contribution in [0, 0.1) is 6.92 Å². The molecule has 6 heterocycles. The van der Waals surface area contributed by atoms with Crippen molar-refractivity contribution < 1.29 is 23.9 Å². The van der Waals surface area contributed by atoms with Crippen molar-refractivity contribution in [2.75, 3.05) is 7.11 Å². The molecular formula is C34H34N4O5. The Bertz CT molecular complexity index is 1900. The maximum atomic E-state index is 13.5. The zero-order valence-corrected chi connectivity index (χ0v) is 25.2. The fraction of sp³-hybridized carbons (Fsp3) is 0.324. The van der Waals surface area contributed by atoms with E-state index < -0.39 is 11.9 Å². The number of allylic oxidation sites excluding steroid dienone is 5. The molecule has 0 aromatic carbocycles. The van der Waals surface area contributed by atoms with Crippen LogP contribution in [0.15, 0.2) is 30.9 Å². The highest BCUT2D eigenvalue weighted by Gasteiger charge is 2.38. The number of cyclic esters (lactones) is 2. The molecule has 1 unspecified atom stereocenters. The lowest BCUT2D eigenvalue weighted by molar-refractivity contribution is -0.140. The first kappa shape index (κ1) is 28.3. The van der Waals surface area contributed by atoms with Crippen molar-refractivity contribution in [3.63, 3.8) is 0 Å². The molecule has 2 aromatic rings. The van der Waals surface area contributed by atoms with Gasteiger partial charge in [-0.15, -0.1) is 0 Å². The van der Waals surface area contributed by atoms with Gasteiger partial charge in [0.15, 0.2) is 0 Å². The molecule has 6 rings (SSSR count). The molecule has 8 bridgehead atoms. The molecule has 0 spiro atoms. The lowest BCUT2D eigenvalue weighted by Gasteiger charge is -2.19. The number of H-pyrrole nitrogens is 2. The van der Waals surface area contributed by atoms with Crippen LogP contribution in [0.4, 0.5) is 0 Å². The van der Waals surface area contributed by atoms with E-state index >= 15 is 0 Å². The Morgan fingerprint density at radius 2 is 1.70 bits per heavy atom. The minimum Gasteiger partial charge on any atom is -0.469 e. The molecule has 2 N–H and O–H groups in total. The number of methoxy groups -OCH3 is 1. The number of fused-ring (bicyclic) bond motifs is 8. The van der Waals surface area contributed by atoms with Crippen LogP contribution in [0.1, 0.15) is 119 Å². The SMILES string of the molecule is C=CC1=C(C)c2cc3[nH]c(c4c5[nH]c(cc6nc(cc1n2)C(C)=C6CC)c(C)c5C(=O)OC4=O)[C@@H](CCC(=O)OC)C3C. The second-order valence-electron chi connectivity index (χ2n) is 11.4. The number of aromatic amines is 2. The van der Waals surface area contributed by atoms with Gasteiger partial charge in [-0.1, -0.05) is 26.5 Å². The van der Waals surface area contributed by atoms with Gasteiger partial charge in [0.05, 0.1) is 41.0 Å². The zero-order chi connectivity index (χ0) is 30.7. The van der Waals surface area contributed by atoms with Gasteiger partial charge in [-0.25, -0.2) is 19.6 Å². The molecule has 9 heteroatoms. The number of esters is 3. The molecule has 43 heavy (non-hydrogen) atoms. The number of carbonyl (C=O) groups is 3. The van der Waals surface area contributed by atoms with Crippen molar-refractivity contribution in [3.05, 3.63) is 81.7 Å². The van der Waals surface area contributed by atoms with Gasteiger partial charge in [0.25, 0.3) is 0 Å². The van der Waals surface area contributed by atoms with E-state index in [-0.39, 0.29) is 29.8 Å². The summed E-state index contributed by atoms with van der Waals surface area (Å²) < 4.78 is 10.2. The molecule has 0 aliphatic carbocycles. The number of rotatable bonds is 5. The average molecular weight is 579 g/mol. The number of aromatic nitrogens is 4. The molecule has 0 amide bonds. The molecule has 0 saturated carbocycles. The number of hydrogen-bond donors (Lipinski definition) is 2. The minimum absolute atomic E-state index is 0.109. The summed E-state index contributed by atoms with van der Waals surface area (Å²) in [7, 11) is 1.36. The fourth-order valence-electron chi connectivity index (χ4n) is 6.61. The summed E-state index contributed by atoms with van der Waals surface area (Å²) in [5.74, 6) is -2.13. The van der Waals surface area contributed by atoms with Crippen LogP contribution >= 0.6 is 0 Å². The molecule has 4 aliphatic heterocycles. The lowest BCUT2D eigenvalue weighted by atomic mass is 9.85. The maximum absolute atomic E-state index is 13.5. The molecule has 2 atom stereocenters. The second kappa shape index (κ2) is 10.5. The van der Waals surface area contributed by atoms with Crippen LogP contribution in [0.3, 0.4) is 0 Å². The predicted octanol–water partition coefficient (Wildman–Crippen LogP) is 6.95. The van der Waals surface area contributed by atoms with Gasteiger partial charge in [-0.2, -0.15) is 0 Å². The number of hydrogen-bond acceptors (Lipinski definition) is 7. The van der Waals surface area contributed by atoms with Gasteiger partial charge in [0.1, 0.15) is 5.56 Å². The van der Waals surface area contributed by atoms with E-state index in [1.165, 1.54) is 7.11 Å². The van der Waals surface area contributed by atoms with Gasteiger partial charge in [-0.05, 0) is 74.1 Å². The number of nitrogens with zero attached hydrogens (tertiary/aromatic N) is 2. The number of carbonyl (C=O) groups excluding carboxylic acids is 3. The smallest absolute Gasteiger partial charge is 0.349 e. The van der Waals surface area contributed by atoms with E-state index in [2.05, 4.69) is 30.4 Å². The van der Waals surface area contributed by atoms with E-state index in [9.17, 15) is 14.4 Å². The summed E-state index contributed by atoms with van der Waals surface area (Å²) >= 11 is 0. The monoisotopic (exact) mass is 578 g/mol. The molecule has 220 valence electrons. The van der Waals surface area contributed by atoms with Crippen LogP contribution in [-0.4, -0.2) is 45.0 Å². The van der Waals surface area contributed by atoms with Crippen molar-refractivity contribution in [1.82, 2.24) is 19.9 Å². The van der Waals surface area contributed by atoms with Gasteiger partial charge in [-0.3, -0.25) is 4.79 Å². The normalized spacial score (nSPS) is 18.6. The fourth-order valence-corrected chi connectivity index (χ4v) is 6.61. The van der Waals surface area contributed by atoms with Gasteiger partial charge >= 0.3 is 17.9 Å². The third-order valence-corrected chi connectivity index (χ3v) is 9.13. The molecule has 4 aliphatic rings. The largest absolute Gasteiger partial charge is 0.469 e.